The van der Waals surface area contributed by atoms with Gasteiger partial charge in [0, 0.05) is 6.54 Å². The Hall–Kier alpha value is -1.94. The number of nitriles is 1. The Kier molecular flexibility index (Phi) is 5.17. The van der Waals surface area contributed by atoms with Crippen molar-refractivity contribution in [1.29, 1.82) is 5.26 Å². The molecule has 0 aromatic heterocycles. The molecular weight excluding hydrogens is 356 g/mol. The summed E-state index contributed by atoms with van der Waals surface area (Å²) in [6.07, 6.45) is 7.18. The van der Waals surface area contributed by atoms with Crippen LogP contribution in [0.3, 0.4) is 0 Å². The number of rotatable bonds is 8. The smallest absolute Gasteiger partial charge is 0.237 e. The summed E-state index contributed by atoms with van der Waals surface area (Å²) in [4.78, 5) is 36.8. The lowest BCUT2D eigenvalue weighted by atomic mass is 9.48. The quantitative estimate of drug-likeness (QED) is 0.427. The van der Waals surface area contributed by atoms with Gasteiger partial charge < -0.3 is 10.6 Å². The van der Waals surface area contributed by atoms with Crippen LogP contribution < -0.4 is 16.0 Å². The van der Waals surface area contributed by atoms with Crippen molar-refractivity contribution in [3.63, 3.8) is 0 Å². The summed E-state index contributed by atoms with van der Waals surface area (Å²) in [7, 11) is 1.82. The van der Waals surface area contributed by atoms with Crippen molar-refractivity contribution in [2.45, 2.75) is 57.4 Å². The van der Waals surface area contributed by atoms with Gasteiger partial charge in [-0.3, -0.25) is 19.7 Å². The van der Waals surface area contributed by atoms with Gasteiger partial charge >= 0.3 is 0 Å². The van der Waals surface area contributed by atoms with E-state index in [1.165, 1.54) is 12.8 Å². The monoisotopic (exact) mass is 386 g/mol. The Morgan fingerprint density at radius 2 is 2.00 bits per heavy atom. The van der Waals surface area contributed by atoms with Crippen LogP contribution >= 0.6 is 0 Å². The number of fused-ring (bicyclic) bond motifs is 2. The molecule has 3 N–H and O–H groups in total. The van der Waals surface area contributed by atoms with Crippen molar-refractivity contribution in [3.8, 4) is 6.07 Å². The van der Waals surface area contributed by atoms with E-state index in [4.69, 9.17) is 0 Å². The van der Waals surface area contributed by atoms with E-state index in [0.717, 1.165) is 25.7 Å². The molecular formula is C21H30N4O3. The van der Waals surface area contributed by atoms with Crippen LogP contribution in [0, 0.1) is 46.3 Å². The molecule has 0 aromatic carbocycles. The normalized spacial score (nSPS) is 37.1. The number of amides is 3. The Labute approximate surface area is 166 Å². The Bertz CT molecular complexity index is 713. The van der Waals surface area contributed by atoms with Gasteiger partial charge in [0.05, 0.1) is 29.4 Å². The molecule has 1 unspecified atom stereocenters. The van der Waals surface area contributed by atoms with E-state index in [-0.39, 0.29) is 47.4 Å². The second-order valence-electron chi connectivity index (χ2n) is 9.24. The minimum Gasteiger partial charge on any atom is -0.355 e. The number of nitrogens with one attached hydrogen (secondary N) is 3. The molecule has 4 saturated carbocycles. The fourth-order valence-corrected chi connectivity index (χ4v) is 6.03. The highest BCUT2D eigenvalue weighted by Crippen LogP contribution is 2.60. The average molecular weight is 386 g/mol. The predicted octanol–water partition coefficient (Wildman–Crippen LogP) is 1.10. The molecule has 5 fully saturated rings. The lowest BCUT2D eigenvalue weighted by Crippen LogP contribution is -2.52. The van der Waals surface area contributed by atoms with Gasteiger partial charge in [0.2, 0.25) is 17.7 Å². The first-order valence-electron chi connectivity index (χ1n) is 10.7. The van der Waals surface area contributed by atoms with E-state index < -0.39 is 5.41 Å². The molecule has 0 radical (unpaired) electrons. The molecule has 5 aliphatic rings. The maximum absolute atomic E-state index is 12.4. The van der Waals surface area contributed by atoms with Gasteiger partial charge in [0.15, 0.2) is 0 Å². The molecule has 1 saturated heterocycles. The van der Waals surface area contributed by atoms with Gasteiger partial charge in [-0.15, -0.1) is 0 Å². The fourth-order valence-electron chi connectivity index (χ4n) is 6.03. The molecule has 2 bridgehead atoms. The number of carbonyl (C=O) groups excluding carboxylic acids is 3. The van der Waals surface area contributed by atoms with Crippen molar-refractivity contribution < 1.29 is 14.4 Å². The molecule has 7 heteroatoms. The van der Waals surface area contributed by atoms with Crippen LogP contribution in [0.5, 0.6) is 0 Å². The van der Waals surface area contributed by atoms with Gasteiger partial charge in [0.25, 0.3) is 0 Å². The van der Waals surface area contributed by atoms with Crippen LogP contribution in [0.4, 0.5) is 0 Å². The number of nitrogens with zero attached hydrogens (tertiary/aromatic N) is 1. The third-order valence-corrected chi connectivity index (χ3v) is 7.62. The average Bonchev–Trinajstić information content (AvgIpc) is 3.47. The third-order valence-electron chi connectivity index (χ3n) is 7.62. The second kappa shape index (κ2) is 7.47. The van der Waals surface area contributed by atoms with Gasteiger partial charge in [-0.05, 0) is 63.3 Å². The maximum Gasteiger partial charge on any atom is 0.237 e. The van der Waals surface area contributed by atoms with E-state index in [1.807, 2.05) is 7.05 Å². The number of hydrogen-bond acceptors (Lipinski definition) is 5. The lowest BCUT2D eigenvalue weighted by Gasteiger charge is -2.52. The summed E-state index contributed by atoms with van der Waals surface area (Å²) in [6.45, 7) is 0.543. The van der Waals surface area contributed by atoms with Crippen LogP contribution in [0.2, 0.25) is 0 Å². The van der Waals surface area contributed by atoms with E-state index in [0.29, 0.717) is 25.3 Å². The molecule has 0 spiro atoms. The van der Waals surface area contributed by atoms with E-state index in [9.17, 15) is 19.6 Å². The predicted molar refractivity (Wildman–Crippen MR) is 101 cm³/mol. The molecule has 1 aliphatic heterocycles. The number of likely N-dealkylation sites (N-methyl/N-ethyl adjacent to an activating group) is 1. The van der Waals surface area contributed by atoms with Crippen LogP contribution in [-0.4, -0.2) is 37.4 Å². The first kappa shape index (κ1) is 19.4. The summed E-state index contributed by atoms with van der Waals surface area (Å²) in [5.41, 5.74) is -0.548. The molecule has 6 atom stereocenters. The number of hydrogen-bond donors (Lipinski definition) is 3. The van der Waals surface area contributed by atoms with Gasteiger partial charge in [0.1, 0.15) is 0 Å². The van der Waals surface area contributed by atoms with E-state index in [1.54, 1.807) is 0 Å². The summed E-state index contributed by atoms with van der Waals surface area (Å²) < 4.78 is 0. The molecule has 1 heterocycles. The highest BCUT2D eigenvalue weighted by atomic mass is 16.2. The topological polar surface area (TPSA) is 111 Å². The highest BCUT2D eigenvalue weighted by Gasteiger charge is 2.63. The molecule has 28 heavy (non-hydrogen) atoms. The summed E-state index contributed by atoms with van der Waals surface area (Å²) in [5, 5.41) is 18.6. The van der Waals surface area contributed by atoms with Gasteiger partial charge in [-0.25, -0.2) is 0 Å². The van der Waals surface area contributed by atoms with Gasteiger partial charge in [-0.2, -0.15) is 5.26 Å². The molecule has 4 aliphatic carbocycles. The minimum atomic E-state index is -0.548. The second-order valence-corrected chi connectivity index (χ2v) is 9.24. The van der Waals surface area contributed by atoms with Crippen LogP contribution in [0.25, 0.3) is 0 Å². The lowest BCUT2D eigenvalue weighted by molar-refractivity contribution is -0.137. The summed E-state index contributed by atoms with van der Waals surface area (Å²) >= 11 is 0. The third kappa shape index (κ3) is 3.32. The summed E-state index contributed by atoms with van der Waals surface area (Å²) in [5.74, 6) is -0.0980. The zero-order valence-corrected chi connectivity index (χ0v) is 16.5. The standard InChI is InChI=1S/C21H30N4O3/c1-23-15(9-12-3-4-12)18(26)24-8-2-7-21(11-22)10-13-5-6-14(21)17-16(13)19(27)25-20(17)28/h12-17,23H,2-10H2,1H3,(H,24,26)(H,25,27,28)/t13-,14-,15+,16+,17-,21?/m1/s1. The largest absolute Gasteiger partial charge is 0.355 e. The zero-order valence-electron chi connectivity index (χ0n) is 16.5. The first-order valence-corrected chi connectivity index (χ1v) is 10.7. The van der Waals surface area contributed by atoms with Crippen molar-refractivity contribution in [2.24, 2.45) is 35.0 Å². The van der Waals surface area contributed by atoms with Crippen molar-refractivity contribution in [3.05, 3.63) is 0 Å². The molecule has 152 valence electrons. The van der Waals surface area contributed by atoms with Crippen molar-refractivity contribution in [1.82, 2.24) is 16.0 Å². The Morgan fingerprint density at radius 3 is 2.68 bits per heavy atom. The van der Waals surface area contributed by atoms with E-state index >= 15 is 0 Å². The zero-order chi connectivity index (χ0) is 19.9. The maximum atomic E-state index is 12.4. The number of imide groups is 1. The molecule has 5 rings (SSSR count). The van der Waals surface area contributed by atoms with Crippen LogP contribution in [0.1, 0.15) is 51.4 Å². The van der Waals surface area contributed by atoms with Crippen LogP contribution in [-0.2, 0) is 14.4 Å². The van der Waals surface area contributed by atoms with Crippen molar-refractivity contribution >= 4 is 17.7 Å². The van der Waals surface area contributed by atoms with Crippen LogP contribution in [0.15, 0.2) is 0 Å². The summed E-state index contributed by atoms with van der Waals surface area (Å²) in [6, 6.07) is 2.40. The molecule has 7 nitrogen and oxygen atoms in total. The first-order chi connectivity index (χ1) is 13.5. The van der Waals surface area contributed by atoms with Crippen molar-refractivity contribution in [2.75, 3.05) is 13.6 Å². The Morgan fingerprint density at radius 1 is 1.25 bits per heavy atom. The SMILES string of the molecule is CN[C@@H](CC1CC1)C(=O)NCCCC1(C#N)C[C@H]2CC[C@@H]1[C@H]1C(=O)NC(=O)[C@@H]21. The Balaban J connectivity index is 1.33. The van der Waals surface area contributed by atoms with E-state index in [2.05, 4.69) is 22.0 Å². The minimum absolute atomic E-state index is 0.0337. The number of carbonyl (C=O) groups is 3. The fraction of sp³-hybridized carbons (Fsp3) is 0.810. The van der Waals surface area contributed by atoms with Gasteiger partial charge in [-0.1, -0.05) is 12.8 Å². The molecule has 0 aromatic rings. The highest BCUT2D eigenvalue weighted by molar-refractivity contribution is 6.05. The molecule has 3 amide bonds.